The number of benzene rings is 3. The Bertz CT molecular complexity index is 2190. The number of aromatic nitrogens is 4. The minimum atomic E-state index is -0.205. The van der Waals surface area contributed by atoms with Crippen LogP contribution < -0.4 is 0 Å². The summed E-state index contributed by atoms with van der Waals surface area (Å²) in [5.41, 5.74) is 9.54. The summed E-state index contributed by atoms with van der Waals surface area (Å²) in [7, 11) is 0. The van der Waals surface area contributed by atoms with Gasteiger partial charge >= 0.3 is 0 Å². The average molecular weight is 737 g/mol. The molecule has 0 bridgehead atoms. The van der Waals surface area contributed by atoms with Gasteiger partial charge in [-0.25, -0.2) is 18.7 Å². The first-order valence-electron chi connectivity index (χ1n) is 17.8. The van der Waals surface area contributed by atoms with Crippen LogP contribution in [-0.4, -0.2) is 18.7 Å². The van der Waals surface area contributed by atoms with Crippen molar-refractivity contribution in [3.05, 3.63) is 94.8 Å². The SMILES string of the molecule is Cc1nc2c(-c3ccc(-c4ccc(CCCC(C)C)cc4F)s3)c3nsnc3c(-c3ccc(-c4ccc(CCCC(C)C)cc4F)s3)c2nc1C. The Morgan fingerprint density at radius 3 is 1.35 bits per heavy atom. The fraction of sp³-hybridized carbons (Fsp3) is 0.333. The first kappa shape index (κ1) is 35.5. The highest BCUT2D eigenvalue weighted by molar-refractivity contribution is 7.19. The lowest BCUT2D eigenvalue weighted by atomic mass is 10.0. The predicted octanol–water partition coefficient (Wildman–Crippen LogP) is 13.3. The van der Waals surface area contributed by atoms with Gasteiger partial charge in [0.1, 0.15) is 33.7 Å². The van der Waals surface area contributed by atoms with Crippen LogP contribution >= 0.6 is 34.4 Å². The van der Waals surface area contributed by atoms with E-state index in [-0.39, 0.29) is 11.6 Å². The monoisotopic (exact) mass is 736 g/mol. The molecular formula is C42H42F2N4S3. The van der Waals surface area contributed by atoms with E-state index in [0.717, 1.165) is 125 Å². The summed E-state index contributed by atoms with van der Waals surface area (Å²) < 4.78 is 40.6. The molecule has 0 aliphatic carbocycles. The molecule has 262 valence electrons. The molecule has 0 fully saturated rings. The second-order valence-electron chi connectivity index (χ2n) is 14.3. The van der Waals surface area contributed by atoms with E-state index in [2.05, 4.69) is 27.7 Å². The zero-order chi connectivity index (χ0) is 35.8. The topological polar surface area (TPSA) is 51.6 Å². The lowest BCUT2D eigenvalue weighted by Gasteiger charge is -2.12. The molecule has 7 rings (SSSR count). The third-order valence-corrected chi connectivity index (χ3v) is 12.3. The number of fused-ring (bicyclic) bond motifs is 2. The second kappa shape index (κ2) is 15.0. The number of hydrogen-bond donors (Lipinski definition) is 0. The van der Waals surface area contributed by atoms with Gasteiger partial charge in [0.2, 0.25) is 0 Å². The Labute approximate surface area is 311 Å². The van der Waals surface area contributed by atoms with Gasteiger partial charge in [0.05, 0.1) is 23.1 Å². The van der Waals surface area contributed by atoms with Gasteiger partial charge in [-0.15, -0.1) is 22.7 Å². The number of aryl methyl sites for hydroxylation is 4. The third kappa shape index (κ3) is 7.39. The molecule has 4 nitrogen and oxygen atoms in total. The maximum Gasteiger partial charge on any atom is 0.132 e. The van der Waals surface area contributed by atoms with Crippen LogP contribution in [0.1, 0.15) is 75.9 Å². The molecular weight excluding hydrogens is 695 g/mol. The van der Waals surface area contributed by atoms with E-state index in [1.807, 2.05) is 62.4 Å². The van der Waals surface area contributed by atoms with Gasteiger partial charge in [-0.1, -0.05) is 64.8 Å². The summed E-state index contributed by atoms with van der Waals surface area (Å²) in [6.07, 6.45) is 6.11. The van der Waals surface area contributed by atoms with Gasteiger partial charge in [0, 0.05) is 41.8 Å². The maximum absolute atomic E-state index is 15.5. The summed E-state index contributed by atoms with van der Waals surface area (Å²) in [5.74, 6) is 0.867. The second-order valence-corrected chi connectivity index (χ2v) is 17.0. The van der Waals surface area contributed by atoms with Crippen molar-refractivity contribution >= 4 is 56.5 Å². The summed E-state index contributed by atoms with van der Waals surface area (Å²) in [6.45, 7) is 12.8. The van der Waals surface area contributed by atoms with Crippen molar-refractivity contribution in [2.24, 2.45) is 11.8 Å². The molecule has 0 radical (unpaired) electrons. The Balaban J connectivity index is 1.27. The fourth-order valence-corrected chi connectivity index (χ4v) is 9.37. The summed E-state index contributed by atoms with van der Waals surface area (Å²) in [6, 6.07) is 19.3. The first-order chi connectivity index (χ1) is 24.6. The molecule has 0 unspecified atom stereocenters. The summed E-state index contributed by atoms with van der Waals surface area (Å²) in [5, 5.41) is 0. The van der Waals surface area contributed by atoms with Crippen molar-refractivity contribution in [3.63, 3.8) is 0 Å². The molecule has 0 saturated heterocycles. The Morgan fingerprint density at radius 2 is 0.961 bits per heavy atom. The molecule has 0 saturated carbocycles. The largest absolute Gasteiger partial charge is 0.249 e. The van der Waals surface area contributed by atoms with Gasteiger partial charge in [-0.2, -0.15) is 8.75 Å². The fourth-order valence-electron chi connectivity index (χ4n) is 6.65. The van der Waals surface area contributed by atoms with E-state index in [1.165, 1.54) is 22.7 Å². The highest BCUT2D eigenvalue weighted by atomic mass is 32.1. The van der Waals surface area contributed by atoms with Crippen LogP contribution in [0.4, 0.5) is 8.78 Å². The molecule has 9 heteroatoms. The Kier molecular flexibility index (Phi) is 10.4. The van der Waals surface area contributed by atoms with Gasteiger partial charge in [-0.3, -0.25) is 0 Å². The lowest BCUT2D eigenvalue weighted by Crippen LogP contribution is -1.98. The normalized spacial score (nSPS) is 12.0. The smallest absolute Gasteiger partial charge is 0.132 e. The highest BCUT2D eigenvalue weighted by Crippen LogP contribution is 2.47. The standard InChI is InChI=1S/C42H42F2N4S3/c1-23(2)9-7-11-27-13-15-29(31(43)21-27)33-17-19-35(49-33)37-39-40(46-26(6)25(5)45-39)38(42-41(37)47-51-48-42)36-20-18-34(50-36)30-16-14-28(22-32(30)44)12-8-10-24(3)4/h13-24H,7-12H2,1-6H3. The van der Waals surface area contributed by atoms with Crippen LogP contribution in [0.5, 0.6) is 0 Å². The van der Waals surface area contributed by atoms with Gasteiger partial charge in [0.25, 0.3) is 0 Å². The number of halogens is 2. The molecule has 0 atom stereocenters. The summed E-state index contributed by atoms with van der Waals surface area (Å²) >= 11 is 4.21. The summed E-state index contributed by atoms with van der Waals surface area (Å²) in [4.78, 5) is 13.7. The van der Waals surface area contributed by atoms with Gasteiger partial charge < -0.3 is 0 Å². The highest BCUT2D eigenvalue weighted by Gasteiger charge is 2.25. The molecule has 0 spiro atoms. The van der Waals surface area contributed by atoms with E-state index >= 15 is 8.78 Å². The van der Waals surface area contributed by atoms with Gasteiger partial charge in [-0.05, 0) is 98.9 Å². The number of hydrogen-bond acceptors (Lipinski definition) is 7. The molecule has 3 aromatic carbocycles. The zero-order valence-corrected chi connectivity index (χ0v) is 32.4. The number of nitrogens with zero attached hydrogens (tertiary/aromatic N) is 4. The minimum Gasteiger partial charge on any atom is -0.249 e. The quantitative estimate of drug-likeness (QED) is 0.125. The lowest BCUT2D eigenvalue weighted by molar-refractivity contribution is 0.554. The maximum atomic E-state index is 15.5. The predicted molar refractivity (Wildman–Crippen MR) is 213 cm³/mol. The van der Waals surface area contributed by atoms with Crippen molar-refractivity contribution in [3.8, 4) is 41.8 Å². The molecule has 7 aromatic rings. The molecule has 0 aliphatic rings. The number of thiophene rings is 2. The van der Waals surface area contributed by atoms with E-state index < -0.39 is 0 Å². The van der Waals surface area contributed by atoms with Crippen LogP contribution in [0.25, 0.3) is 63.8 Å². The third-order valence-electron chi connectivity index (χ3n) is 9.54. The number of rotatable bonds is 12. The van der Waals surface area contributed by atoms with Crippen LogP contribution in [0, 0.1) is 37.3 Å². The van der Waals surface area contributed by atoms with E-state index in [4.69, 9.17) is 18.7 Å². The first-order valence-corrected chi connectivity index (χ1v) is 20.1. The minimum absolute atomic E-state index is 0.205. The van der Waals surface area contributed by atoms with E-state index in [0.29, 0.717) is 23.0 Å². The molecule has 0 aliphatic heterocycles. The Hall–Kier alpha value is -3.92. The van der Waals surface area contributed by atoms with Crippen LogP contribution in [0.3, 0.4) is 0 Å². The zero-order valence-electron chi connectivity index (χ0n) is 29.9. The average Bonchev–Trinajstić information content (AvgIpc) is 3.86. The van der Waals surface area contributed by atoms with Crippen molar-refractivity contribution < 1.29 is 8.78 Å². The molecule has 51 heavy (non-hydrogen) atoms. The molecule has 4 heterocycles. The van der Waals surface area contributed by atoms with Crippen LogP contribution in [-0.2, 0) is 12.8 Å². The van der Waals surface area contributed by atoms with Gasteiger partial charge in [0.15, 0.2) is 0 Å². The van der Waals surface area contributed by atoms with Crippen LogP contribution in [0.2, 0.25) is 0 Å². The van der Waals surface area contributed by atoms with Crippen molar-refractivity contribution in [1.82, 2.24) is 18.7 Å². The van der Waals surface area contributed by atoms with Crippen molar-refractivity contribution in [1.29, 1.82) is 0 Å². The van der Waals surface area contributed by atoms with E-state index in [1.54, 1.807) is 12.1 Å². The molecule has 0 amide bonds. The van der Waals surface area contributed by atoms with Crippen molar-refractivity contribution in [2.75, 3.05) is 0 Å². The van der Waals surface area contributed by atoms with E-state index in [9.17, 15) is 0 Å². The molecule has 0 N–H and O–H groups in total. The van der Waals surface area contributed by atoms with Crippen molar-refractivity contribution in [2.45, 2.75) is 80.1 Å². The van der Waals surface area contributed by atoms with Crippen LogP contribution in [0.15, 0.2) is 60.7 Å². The Morgan fingerprint density at radius 1 is 0.549 bits per heavy atom. The molecule has 4 aromatic heterocycles.